The van der Waals surface area contributed by atoms with E-state index in [0.29, 0.717) is 6.54 Å². The van der Waals surface area contributed by atoms with Gasteiger partial charge in [-0.1, -0.05) is 6.07 Å². The molecule has 2 aromatic heterocycles. The van der Waals surface area contributed by atoms with Gasteiger partial charge in [0.15, 0.2) is 0 Å². The Morgan fingerprint density at radius 3 is 2.76 bits per heavy atom. The highest BCUT2D eigenvalue weighted by molar-refractivity contribution is 5.39. The van der Waals surface area contributed by atoms with E-state index >= 15 is 0 Å². The Labute approximate surface area is 101 Å². The number of rotatable bonds is 4. The van der Waals surface area contributed by atoms with Gasteiger partial charge in [0.05, 0.1) is 12.8 Å². The standard InChI is InChI=1S/C13H17N3O/c1-10(14)11-5-6-13(15-8-11)16(2)9-12-4-3-7-17-12/h3-8,10H,9,14H2,1-2H3/t10-/m0/s1. The molecule has 0 aliphatic carbocycles. The molecule has 2 aromatic rings. The molecule has 90 valence electrons. The number of nitrogens with zero attached hydrogens (tertiary/aromatic N) is 2. The van der Waals surface area contributed by atoms with Gasteiger partial charge in [0, 0.05) is 19.3 Å². The van der Waals surface area contributed by atoms with Crippen LogP contribution in [0.4, 0.5) is 5.82 Å². The van der Waals surface area contributed by atoms with E-state index < -0.39 is 0 Å². The summed E-state index contributed by atoms with van der Waals surface area (Å²) in [4.78, 5) is 6.42. The van der Waals surface area contributed by atoms with E-state index in [1.807, 2.05) is 49.3 Å². The quantitative estimate of drug-likeness (QED) is 0.877. The molecule has 0 aliphatic heterocycles. The third-order valence-corrected chi connectivity index (χ3v) is 2.66. The third-order valence-electron chi connectivity index (χ3n) is 2.66. The van der Waals surface area contributed by atoms with Crippen LogP contribution in [0.25, 0.3) is 0 Å². The summed E-state index contributed by atoms with van der Waals surface area (Å²) in [5.74, 6) is 1.83. The third kappa shape index (κ3) is 2.85. The molecule has 0 saturated carbocycles. The highest BCUT2D eigenvalue weighted by atomic mass is 16.3. The first-order chi connectivity index (χ1) is 8.16. The lowest BCUT2D eigenvalue weighted by Crippen LogP contribution is -2.17. The lowest BCUT2D eigenvalue weighted by molar-refractivity contribution is 0.507. The van der Waals surface area contributed by atoms with Gasteiger partial charge in [-0.3, -0.25) is 0 Å². The van der Waals surface area contributed by atoms with Crippen molar-refractivity contribution in [1.82, 2.24) is 4.98 Å². The molecule has 0 aromatic carbocycles. The van der Waals surface area contributed by atoms with Gasteiger partial charge in [-0.05, 0) is 30.7 Å². The average Bonchev–Trinajstić information content (AvgIpc) is 2.82. The summed E-state index contributed by atoms with van der Waals surface area (Å²) < 4.78 is 5.30. The second-order valence-corrected chi connectivity index (χ2v) is 4.17. The Kier molecular flexibility index (Phi) is 3.44. The van der Waals surface area contributed by atoms with Crippen LogP contribution in [0.2, 0.25) is 0 Å². The van der Waals surface area contributed by atoms with E-state index in [2.05, 4.69) is 4.98 Å². The summed E-state index contributed by atoms with van der Waals surface area (Å²) in [6.45, 7) is 2.65. The van der Waals surface area contributed by atoms with Crippen LogP contribution in [0, 0.1) is 0 Å². The van der Waals surface area contributed by atoms with Gasteiger partial charge in [0.2, 0.25) is 0 Å². The van der Waals surface area contributed by atoms with Crippen LogP contribution >= 0.6 is 0 Å². The summed E-state index contributed by atoms with van der Waals surface area (Å²) in [6.07, 6.45) is 3.49. The van der Waals surface area contributed by atoms with Gasteiger partial charge in [-0.15, -0.1) is 0 Å². The summed E-state index contributed by atoms with van der Waals surface area (Å²) in [6, 6.07) is 7.84. The van der Waals surface area contributed by atoms with Gasteiger partial charge >= 0.3 is 0 Å². The SMILES string of the molecule is C[C@H](N)c1ccc(N(C)Cc2ccco2)nc1. The number of nitrogens with two attached hydrogens (primary N) is 1. The molecule has 0 bridgehead atoms. The molecule has 0 unspecified atom stereocenters. The van der Waals surface area contributed by atoms with Crippen LogP contribution in [0.15, 0.2) is 41.1 Å². The van der Waals surface area contributed by atoms with E-state index in [9.17, 15) is 0 Å². The Balaban J connectivity index is 2.06. The van der Waals surface area contributed by atoms with Crippen molar-refractivity contribution in [3.05, 3.63) is 48.0 Å². The van der Waals surface area contributed by atoms with Crippen LogP contribution in [0.1, 0.15) is 24.3 Å². The second kappa shape index (κ2) is 5.01. The van der Waals surface area contributed by atoms with E-state index in [1.165, 1.54) is 0 Å². The summed E-state index contributed by atoms with van der Waals surface area (Å²) in [7, 11) is 1.98. The molecule has 4 heteroatoms. The Bertz CT molecular complexity index is 448. The monoisotopic (exact) mass is 231 g/mol. The number of pyridine rings is 1. The predicted octanol–water partition coefficient (Wildman–Crippen LogP) is 2.33. The van der Waals surface area contributed by atoms with Crippen LogP contribution in [-0.4, -0.2) is 12.0 Å². The molecule has 0 radical (unpaired) electrons. The maximum absolute atomic E-state index is 5.78. The van der Waals surface area contributed by atoms with Crippen LogP contribution in [0.5, 0.6) is 0 Å². The van der Waals surface area contributed by atoms with Crippen molar-refractivity contribution < 1.29 is 4.42 Å². The summed E-state index contributed by atoms with van der Waals surface area (Å²) in [5, 5.41) is 0. The zero-order valence-electron chi connectivity index (χ0n) is 10.1. The minimum atomic E-state index is 0.0203. The molecular weight excluding hydrogens is 214 g/mol. The van der Waals surface area contributed by atoms with E-state index in [1.54, 1.807) is 6.26 Å². The van der Waals surface area contributed by atoms with Gasteiger partial charge in [0.25, 0.3) is 0 Å². The van der Waals surface area contributed by atoms with Gasteiger partial charge in [-0.25, -0.2) is 4.98 Å². The fraction of sp³-hybridized carbons (Fsp3) is 0.308. The molecule has 4 nitrogen and oxygen atoms in total. The zero-order valence-corrected chi connectivity index (χ0v) is 10.1. The minimum absolute atomic E-state index is 0.0203. The molecule has 0 amide bonds. The molecule has 1 atom stereocenters. The summed E-state index contributed by atoms with van der Waals surface area (Å²) >= 11 is 0. The lowest BCUT2D eigenvalue weighted by atomic mass is 10.1. The topological polar surface area (TPSA) is 55.3 Å². The molecule has 0 aliphatic rings. The van der Waals surface area contributed by atoms with E-state index in [-0.39, 0.29) is 6.04 Å². The number of aromatic nitrogens is 1. The zero-order chi connectivity index (χ0) is 12.3. The Hall–Kier alpha value is -1.81. The minimum Gasteiger partial charge on any atom is -0.467 e. The van der Waals surface area contributed by atoms with Crippen molar-refractivity contribution in [2.45, 2.75) is 19.5 Å². The first-order valence-electron chi connectivity index (χ1n) is 5.62. The maximum Gasteiger partial charge on any atom is 0.128 e. The van der Waals surface area contributed by atoms with Gasteiger partial charge < -0.3 is 15.1 Å². The van der Waals surface area contributed by atoms with Crippen LogP contribution < -0.4 is 10.6 Å². The van der Waals surface area contributed by atoms with E-state index in [4.69, 9.17) is 10.2 Å². The van der Waals surface area contributed by atoms with Crippen molar-refractivity contribution in [3.63, 3.8) is 0 Å². The fourth-order valence-electron chi connectivity index (χ4n) is 1.61. The molecular formula is C13H17N3O. The lowest BCUT2D eigenvalue weighted by Gasteiger charge is -2.17. The molecule has 2 rings (SSSR count). The number of hydrogen-bond acceptors (Lipinski definition) is 4. The Morgan fingerprint density at radius 2 is 2.24 bits per heavy atom. The molecule has 0 spiro atoms. The fourth-order valence-corrected chi connectivity index (χ4v) is 1.61. The smallest absolute Gasteiger partial charge is 0.128 e. The summed E-state index contributed by atoms with van der Waals surface area (Å²) in [5.41, 5.74) is 6.82. The number of furan rings is 1. The van der Waals surface area contributed by atoms with Crippen LogP contribution in [0.3, 0.4) is 0 Å². The number of anilines is 1. The molecule has 17 heavy (non-hydrogen) atoms. The van der Waals surface area contributed by atoms with Crippen molar-refractivity contribution >= 4 is 5.82 Å². The molecule has 0 fully saturated rings. The normalized spacial score (nSPS) is 12.4. The highest BCUT2D eigenvalue weighted by Crippen LogP contribution is 2.15. The Morgan fingerprint density at radius 1 is 1.41 bits per heavy atom. The van der Waals surface area contributed by atoms with Gasteiger partial charge in [0.1, 0.15) is 11.6 Å². The highest BCUT2D eigenvalue weighted by Gasteiger charge is 2.06. The predicted molar refractivity (Wildman–Crippen MR) is 67.7 cm³/mol. The van der Waals surface area contributed by atoms with Crippen molar-refractivity contribution in [2.24, 2.45) is 5.73 Å². The molecule has 2 heterocycles. The first kappa shape index (κ1) is 11.7. The maximum atomic E-state index is 5.78. The largest absolute Gasteiger partial charge is 0.467 e. The van der Waals surface area contributed by atoms with Crippen LogP contribution in [-0.2, 0) is 6.54 Å². The molecule has 0 saturated heterocycles. The first-order valence-corrected chi connectivity index (χ1v) is 5.62. The van der Waals surface area contributed by atoms with Gasteiger partial charge in [-0.2, -0.15) is 0 Å². The second-order valence-electron chi connectivity index (χ2n) is 4.17. The molecule has 2 N–H and O–H groups in total. The van der Waals surface area contributed by atoms with Crippen molar-refractivity contribution in [3.8, 4) is 0 Å². The van der Waals surface area contributed by atoms with Crippen molar-refractivity contribution in [1.29, 1.82) is 0 Å². The van der Waals surface area contributed by atoms with Crippen molar-refractivity contribution in [2.75, 3.05) is 11.9 Å². The average molecular weight is 231 g/mol. The van der Waals surface area contributed by atoms with E-state index in [0.717, 1.165) is 17.1 Å². The number of hydrogen-bond donors (Lipinski definition) is 1.